The number of nitrogens with one attached hydrogen (secondary N) is 3. The molecule has 1 unspecified atom stereocenters. The molecule has 15 heteroatoms. The molecule has 0 bridgehead atoms. The van der Waals surface area contributed by atoms with Crippen LogP contribution in [0.5, 0.6) is 0 Å². The van der Waals surface area contributed by atoms with Gasteiger partial charge in [-0.1, -0.05) is 201 Å². The molecule has 4 amide bonds. The third-order valence-electron chi connectivity index (χ3n) is 12.5. The number of ether oxygens (including phenoxy) is 2. The number of hydrogen-bond acceptors (Lipinski definition) is 10. The monoisotopic (exact) mass is 997 g/mol. The van der Waals surface area contributed by atoms with Crippen molar-refractivity contribution in [2.75, 3.05) is 18.1 Å². The minimum Gasteiger partial charge on any atom is -0.481 e. The van der Waals surface area contributed by atoms with E-state index in [1.807, 2.05) is 0 Å². The van der Waals surface area contributed by atoms with Gasteiger partial charge in [0.25, 0.3) is 0 Å². The van der Waals surface area contributed by atoms with Gasteiger partial charge in [-0.3, -0.25) is 33.6 Å². The van der Waals surface area contributed by atoms with Crippen molar-refractivity contribution in [2.24, 2.45) is 5.73 Å². The number of carbonyl (C=O) groups is 7. The van der Waals surface area contributed by atoms with E-state index in [1.54, 1.807) is 0 Å². The lowest BCUT2D eigenvalue weighted by molar-refractivity contribution is -0.157. The van der Waals surface area contributed by atoms with Crippen LogP contribution in [0.25, 0.3) is 0 Å². The second-order valence-electron chi connectivity index (χ2n) is 19.2. The summed E-state index contributed by atoms with van der Waals surface area (Å²) in [6.45, 7) is 7.92. The van der Waals surface area contributed by atoms with Gasteiger partial charge in [0.2, 0.25) is 23.6 Å². The van der Waals surface area contributed by atoms with Crippen molar-refractivity contribution in [1.82, 2.24) is 16.0 Å². The summed E-state index contributed by atoms with van der Waals surface area (Å²) < 4.78 is 11.5. The molecule has 14 nitrogen and oxygen atoms in total. The van der Waals surface area contributed by atoms with Crippen molar-refractivity contribution in [3.63, 3.8) is 0 Å². The van der Waals surface area contributed by atoms with Crippen molar-refractivity contribution in [2.45, 2.75) is 283 Å². The zero-order valence-electron chi connectivity index (χ0n) is 44.0. The Hall–Kier alpha value is -3.36. The Labute approximate surface area is 422 Å². The van der Waals surface area contributed by atoms with Crippen LogP contribution in [0.3, 0.4) is 0 Å². The molecule has 0 aliphatic heterocycles. The Bertz CT molecular complexity index is 1350. The number of rotatable bonds is 50. The Balaban J connectivity index is 5.56. The molecular weight excluding hydrogens is 897 g/mol. The highest BCUT2D eigenvalue weighted by atomic mass is 32.2. The van der Waals surface area contributed by atoms with E-state index in [1.165, 1.54) is 141 Å². The van der Waals surface area contributed by atoms with Crippen LogP contribution in [0.2, 0.25) is 0 Å². The van der Waals surface area contributed by atoms with E-state index in [-0.39, 0.29) is 61.6 Å². The van der Waals surface area contributed by atoms with Crippen LogP contribution < -0.4 is 21.7 Å². The first-order valence-electron chi connectivity index (χ1n) is 27.7. The lowest BCUT2D eigenvalue weighted by Gasteiger charge is -2.23. The van der Waals surface area contributed by atoms with Crippen LogP contribution in [0, 0.1) is 0 Å². The summed E-state index contributed by atoms with van der Waals surface area (Å²) in [5.41, 5.74) is 5.40. The van der Waals surface area contributed by atoms with Crippen molar-refractivity contribution in [1.29, 1.82) is 0 Å². The zero-order valence-corrected chi connectivity index (χ0v) is 44.8. The normalized spacial score (nSPS) is 12.9. The van der Waals surface area contributed by atoms with Gasteiger partial charge in [-0.15, -0.1) is 0 Å². The SMILES string of the molecule is CCCCCCCCCCCCCCCC(=O)N[C@@H](CSC[C@@H](COC(=O)CCCCCCCCCCC)OC(=O)CCCCCCCCCCC)C(=O)NC(C)C(=O)N[C@H](CCC(=O)O)C(N)=O. The maximum absolute atomic E-state index is 13.7. The first-order valence-corrected chi connectivity index (χ1v) is 28.8. The number of carboxylic acids is 1. The highest BCUT2D eigenvalue weighted by molar-refractivity contribution is 7.99. The van der Waals surface area contributed by atoms with E-state index in [4.69, 9.17) is 20.3 Å². The molecule has 0 heterocycles. The molecule has 0 aromatic rings. The van der Waals surface area contributed by atoms with Crippen LogP contribution in [-0.2, 0) is 43.0 Å². The highest BCUT2D eigenvalue weighted by Gasteiger charge is 2.28. The van der Waals surface area contributed by atoms with Gasteiger partial charge in [0, 0.05) is 37.2 Å². The maximum atomic E-state index is 13.7. The smallest absolute Gasteiger partial charge is 0.306 e. The molecule has 0 saturated carbocycles. The minimum atomic E-state index is -1.25. The van der Waals surface area contributed by atoms with Crippen molar-refractivity contribution in [3.8, 4) is 0 Å². The molecule has 0 fully saturated rings. The number of carbonyl (C=O) groups excluding carboxylic acids is 6. The van der Waals surface area contributed by atoms with Crippen molar-refractivity contribution < 1.29 is 48.1 Å². The molecule has 402 valence electrons. The number of hydrogen-bond donors (Lipinski definition) is 5. The quantitative estimate of drug-likeness (QED) is 0.0285. The lowest BCUT2D eigenvalue weighted by atomic mass is 10.0. The number of primary amides is 1. The van der Waals surface area contributed by atoms with Gasteiger partial charge < -0.3 is 36.3 Å². The van der Waals surface area contributed by atoms with Gasteiger partial charge in [-0.05, 0) is 32.6 Å². The Morgan fingerprint density at radius 1 is 0.478 bits per heavy atom. The molecule has 0 saturated heterocycles. The average molecular weight is 997 g/mol. The number of esters is 2. The van der Waals surface area contributed by atoms with Gasteiger partial charge in [-0.25, -0.2) is 0 Å². The van der Waals surface area contributed by atoms with E-state index in [2.05, 4.69) is 36.7 Å². The summed E-state index contributed by atoms with van der Waals surface area (Å²) in [5.74, 6) is -4.25. The number of amides is 4. The van der Waals surface area contributed by atoms with E-state index < -0.39 is 54.3 Å². The first-order chi connectivity index (χ1) is 33.3. The highest BCUT2D eigenvalue weighted by Crippen LogP contribution is 2.17. The largest absolute Gasteiger partial charge is 0.481 e. The Kier molecular flexibility index (Phi) is 44.7. The fraction of sp³-hybridized carbons (Fsp3) is 0.870. The van der Waals surface area contributed by atoms with Crippen LogP contribution in [-0.4, -0.2) is 89.0 Å². The number of unbranched alkanes of at least 4 members (excludes halogenated alkanes) is 28. The van der Waals surface area contributed by atoms with Gasteiger partial charge in [0.05, 0.1) is 0 Å². The number of thioether (sulfide) groups is 1. The van der Waals surface area contributed by atoms with E-state index >= 15 is 0 Å². The summed E-state index contributed by atoms with van der Waals surface area (Å²) in [7, 11) is 0. The molecule has 0 radical (unpaired) electrons. The minimum absolute atomic E-state index is 0.0612. The van der Waals surface area contributed by atoms with E-state index in [0.717, 1.165) is 64.2 Å². The van der Waals surface area contributed by atoms with E-state index in [0.29, 0.717) is 12.8 Å². The standard InChI is InChI=1S/C54H100N4O10S/c1-5-8-11-14-17-20-21-22-23-26-27-30-33-36-48(59)57-47(54(66)56-44(4)53(65)58-46(52(55)64)39-40-49(60)61)43-69-42-45(68-51(63)38-35-32-29-25-19-16-13-10-7-3)41-67-50(62)37-34-31-28-24-18-15-12-9-6-2/h44-47H,5-43H2,1-4H3,(H2,55,64)(H,56,66)(H,57,59)(H,58,65)(H,60,61)/t44?,45-,46-,47+/m1/s1. The lowest BCUT2D eigenvalue weighted by Crippen LogP contribution is -2.56. The molecule has 0 rings (SSSR count). The number of aliphatic carboxylic acids is 1. The summed E-state index contributed by atoms with van der Waals surface area (Å²) in [6, 6.07) is -3.49. The summed E-state index contributed by atoms with van der Waals surface area (Å²) in [5, 5.41) is 16.9. The van der Waals surface area contributed by atoms with Crippen molar-refractivity contribution >= 4 is 53.3 Å². The molecule has 0 spiro atoms. The molecule has 6 N–H and O–H groups in total. The van der Waals surface area contributed by atoms with Crippen LogP contribution >= 0.6 is 11.8 Å². The van der Waals surface area contributed by atoms with Crippen LogP contribution in [0.15, 0.2) is 0 Å². The summed E-state index contributed by atoms with van der Waals surface area (Å²) in [6.07, 6.45) is 34.7. The fourth-order valence-electron chi connectivity index (χ4n) is 8.08. The van der Waals surface area contributed by atoms with Crippen LogP contribution in [0.1, 0.15) is 259 Å². The van der Waals surface area contributed by atoms with E-state index in [9.17, 15) is 33.6 Å². The molecule has 0 aliphatic rings. The molecule has 0 aromatic heterocycles. The predicted molar refractivity (Wildman–Crippen MR) is 280 cm³/mol. The molecule has 0 aromatic carbocycles. The topological polar surface area (TPSA) is 220 Å². The molecular formula is C54H100N4O10S. The van der Waals surface area contributed by atoms with Crippen LogP contribution in [0.4, 0.5) is 0 Å². The Morgan fingerprint density at radius 2 is 0.884 bits per heavy atom. The third-order valence-corrected chi connectivity index (χ3v) is 13.7. The first kappa shape index (κ1) is 65.6. The third kappa shape index (κ3) is 42.1. The second-order valence-corrected chi connectivity index (χ2v) is 20.3. The summed E-state index contributed by atoms with van der Waals surface area (Å²) in [4.78, 5) is 88.9. The second kappa shape index (κ2) is 47.0. The van der Waals surface area contributed by atoms with Gasteiger partial charge in [-0.2, -0.15) is 11.8 Å². The van der Waals surface area contributed by atoms with Gasteiger partial charge >= 0.3 is 17.9 Å². The molecule has 0 aliphatic carbocycles. The zero-order chi connectivity index (χ0) is 51.2. The average Bonchev–Trinajstić information content (AvgIpc) is 3.31. The molecule has 69 heavy (non-hydrogen) atoms. The predicted octanol–water partition coefficient (Wildman–Crippen LogP) is 11.3. The number of carboxylic acid groups (broad SMARTS) is 1. The maximum Gasteiger partial charge on any atom is 0.306 e. The Morgan fingerprint density at radius 3 is 1.30 bits per heavy atom. The van der Waals surface area contributed by atoms with Gasteiger partial charge in [0.15, 0.2) is 0 Å². The van der Waals surface area contributed by atoms with Crippen molar-refractivity contribution in [3.05, 3.63) is 0 Å². The summed E-state index contributed by atoms with van der Waals surface area (Å²) >= 11 is 1.26. The van der Waals surface area contributed by atoms with Gasteiger partial charge in [0.1, 0.15) is 30.8 Å². The molecule has 4 atom stereocenters. The number of nitrogens with two attached hydrogens (primary N) is 1. The fourth-order valence-corrected chi connectivity index (χ4v) is 9.11.